The summed E-state index contributed by atoms with van der Waals surface area (Å²) in [7, 11) is 0. The topological polar surface area (TPSA) is 78.4 Å². The lowest BCUT2D eigenvalue weighted by molar-refractivity contribution is 0.0179. The van der Waals surface area contributed by atoms with E-state index in [1.165, 1.54) is 11.1 Å². The van der Waals surface area contributed by atoms with Crippen molar-refractivity contribution in [1.29, 1.82) is 0 Å². The SMILES string of the molecule is CCNC(=NCC(c1ccc(C)cc1)N1CCOCC1)NC1CCN(C(=O)OCC)CC1.I. The van der Waals surface area contributed by atoms with Crippen molar-refractivity contribution in [3.05, 3.63) is 35.4 Å². The normalized spacial score (nSPS) is 18.9. The fraction of sp³-hybridized carbons (Fsp3) is 0.667. The standard InChI is InChI=1S/C24H39N5O3.HI/c1-4-25-23(27-21-10-12-29(13-11-21)24(30)32-5-2)26-18-22(28-14-16-31-17-15-28)20-8-6-19(3)7-9-20;/h6-9,21-22H,4-5,10-18H2,1-3H3,(H2,25,26,27);1H. The molecule has 1 unspecified atom stereocenters. The number of likely N-dealkylation sites (tertiary alicyclic amines) is 1. The minimum absolute atomic E-state index is 0. The molecule has 9 heteroatoms. The number of ether oxygens (including phenoxy) is 2. The molecule has 0 saturated carbocycles. The monoisotopic (exact) mass is 573 g/mol. The number of aryl methyl sites for hydroxylation is 1. The van der Waals surface area contributed by atoms with E-state index >= 15 is 0 Å². The Kier molecular flexibility index (Phi) is 12.3. The van der Waals surface area contributed by atoms with Crippen molar-refractivity contribution >= 4 is 36.0 Å². The first kappa shape index (κ1) is 27.7. The zero-order valence-electron chi connectivity index (χ0n) is 20.2. The highest BCUT2D eigenvalue weighted by Gasteiger charge is 2.25. The molecule has 0 spiro atoms. The highest BCUT2D eigenvalue weighted by Crippen LogP contribution is 2.23. The third-order valence-corrected chi connectivity index (χ3v) is 6.08. The predicted molar refractivity (Wildman–Crippen MR) is 142 cm³/mol. The lowest BCUT2D eigenvalue weighted by Gasteiger charge is -2.34. The summed E-state index contributed by atoms with van der Waals surface area (Å²) in [6, 6.07) is 9.30. The van der Waals surface area contributed by atoms with E-state index in [2.05, 4.69) is 53.6 Å². The molecular formula is C24H40IN5O3. The number of halogens is 1. The summed E-state index contributed by atoms with van der Waals surface area (Å²) in [6.07, 6.45) is 1.56. The lowest BCUT2D eigenvalue weighted by Crippen LogP contribution is -2.50. The number of morpholine rings is 1. The van der Waals surface area contributed by atoms with Gasteiger partial charge in [0.15, 0.2) is 5.96 Å². The molecule has 2 N–H and O–H groups in total. The lowest BCUT2D eigenvalue weighted by atomic mass is 10.0. The minimum atomic E-state index is -0.210. The van der Waals surface area contributed by atoms with Crippen molar-refractivity contribution in [2.45, 2.75) is 45.7 Å². The Morgan fingerprint density at radius 2 is 1.82 bits per heavy atom. The number of rotatable bonds is 7. The number of nitrogens with one attached hydrogen (secondary N) is 2. The van der Waals surface area contributed by atoms with E-state index in [1.807, 2.05) is 6.92 Å². The second kappa shape index (κ2) is 14.6. The molecule has 2 heterocycles. The van der Waals surface area contributed by atoms with Crippen LogP contribution in [0.3, 0.4) is 0 Å². The van der Waals surface area contributed by atoms with Crippen LogP contribution < -0.4 is 10.6 Å². The molecule has 1 atom stereocenters. The van der Waals surface area contributed by atoms with Crippen LogP contribution in [-0.2, 0) is 9.47 Å². The Morgan fingerprint density at radius 3 is 2.42 bits per heavy atom. The molecule has 186 valence electrons. The number of aliphatic imine (C=N–C) groups is 1. The molecule has 1 aromatic rings. The van der Waals surface area contributed by atoms with Gasteiger partial charge in [-0.2, -0.15) is 0 Å². The van der Waals surface area contributed by atoms with Gasteiger partial charge in [-0.3, -0.25) is 9.89 Å². The predicted octanol–water partition coefficient (Wildman–Crippen LogP) is 3.16. The molecule has 0 aromatic heterocycles. The van der Waals surface area contributed by atoms with Crippen LogP contribution in [0.25, 0.3) is 0 Å². The van der Waals surface area contributed by atoms with Gasteiger partial charge in [-0.1, -0.05) is 29.8 Å². The molecule has 2 fully saturated rings. The Bertz CT molecular complexity index is 732. The first-order valence-electron chi connectivity index (χ1n) is 12.0. The van der Waals surface area contributed by atoms with Crippen molar-refractivity contribution in [2.24, 2.45) is 4.99 Å². The van der Waals surface area contributed by atoms with E-state index < -0.39 is 0 Å². The quantitative estimate of drug-likeness (QED) is 0.297. The van der Waals surface area contributed by atoms with Crippen LogP contribution in [0.1, 0.15) is 43.9 Å². The smallest absolute Gasteiger partial charge is 0.409 e. The molecule has 0 bridgehead atoms. The van der Waals surface area contributed by atoms with Gasteiger partial charge in [0.05, 0.1) is 32.4 Å². The van der Waals surface area contributed by atoms with E-state index in [9.17, 15) is 4.79 Å². The number of amides is 1. The third kappa shape index (κ3) is 8.60. The van der Waals surface area contributed by atoms with Crippen LogP contribution in [0.5, 0.6) is 0 Å². The van der Waals surface area contributed by atoms with Crippen molar-refractivity contribution in [3.63, 3.8) is 0 Å². The van der Waals surface area contributed by atoms with Gasteiger partial charge < -0.3 is 25.0 Å². The number of benzene rings is 1. The van der Waals surface area contributed by atoms with Gasteiger partial charge in [0.25, 0.3) is 0 Å². The van der Waals surface area contributed by atoms with Gasteiger partial charge in [-0.15, -0.1) is 24.0 Å². The van der Waals surface area contributed by atoms with Gasteiger partial charge >= 0.3 is 6.09 Å². The molecule has 8 nitrogen and oxygen atoms in total. The first-order chi connectivity index (χ1) is 15.6. The molecule has 2 aliphatic heterocycles. The molecule has 3 rings (SSSR count). The van der Waals surface area contributed by atoms with Crippen molar-refractivity contribution in [3.8, 4) is 0 Å². The highest BCUT2D eigenvalue weighted by molar-refractivity contribution is 14.0. The van der Waals surface area contributed by atoms with Crippen molar-refractivity contribution < 1.29 is 14.3 Å². The van der Waals surface area contributed by atoms with Gasteiger partial charge in [0.1, 0.15) is 0 Å². The van der Waals surface area contributed by atoms with E-state index in [-0.39, 0.29) is 36.1 Å². The molecule has 1 amide bonds. The number of nitrogens with zero attached hydrogens (tertiary/aromatic N) is 3. The van der Waals surface area contributed by atoms with Crippen LogP contribution in [0.2, 0.25) is 0 Å². The Balaban J connectivity index is 0.00000385. The minimum Gasteiger partial charge on any atom is -0.450 e. The van der Waals surface area contributed by atoms with Gasteiger partial charge in [-0.25, -0.2) is 4.79 Å². The largest absolute Gasteiger partial charge is 0.450 e. The number of piperidine rings is 1. The van der Waals surface area contributed by atoms with Crippen LogP contribution in [0.4, 0.5) is 4.79 Å². The zero-order chi connectivity index (χ0) is 22.8. The molecule has 33 heavy (non-hydrogen) atoms. The van der Waals surface area contributed by atoms with E-state index in [0.717, 1.165) is 51.6 Å². The Morgan fingerprint density at radius 1 is 1.15 bits per heavy atom. The van der Waals surface area contributed by atoms with Gasteiger partial charge in [-0.05, 0) is 39.2 Å². The average Bonchev–Trinajstić information content (AvgIpc) is 2.82. The Hall–Kier alpha value is -1.59. The third-order valence-electron chi connectivity index (χ3n) is 6.08. The van der Waals surface area contributed by atoms with E-state index in [1.54, 1.807) is 4.90 Å². The van der Waals surface area contributed by atoms with Crippen molar-refractivity contribution in [1.82, 2.24) is 20.4 Å². The zero-order valence-corrected chi connectivity index (χ0v) is 22.5. The highest BCUT2D eigenvalue weighted by atomic mass is 127. The number of carbonyl (C=O) groups is 1. The van der Waals surface area contributed by atoms with E-state index in [0.29, 0.717) is 32.3 Å². The van der Waals surface area contributed by atoms with Crippen LogP contribution in [-0.4, -0.2) is 87.0 Å². The maximum absolute atomic E-state index is 11.9. The summed E-state index contributed by atoms with van der Waals surface area (Å²) in [6.45, 7) is 12.7. The van der Waals surface area contributed by atoms with E-state index in [4.69, 9.17) is 14.5 Å². The maximum Gasteiger partial charge on any atom is 0.409 e. The second-order valence-corrected chi connectivity index (χ2v) is 8.40. The van der Waals surface area contributed by atoms with Crippen LogP contribution in [0, 0.1) is 6.92 Å². The number of guanidine groups is 1. The molecule has 1 aromatic carbocycles. The summed E-state index contributed by atoms with van der Waals surface area (Å²) in [5.41, 5.74) is 2.56. The van der Waals surface area contributed by atoms with Crippen molar-refractivity contribution in [2.75, 3.05) is 59.1 Å². The maximum atomic E-state index is 11.9. The summed E-state index contributed by atoms with van der Waals surface area (Å²) < 4.78 is 10.7. The number of carbonyl (C=O) groups excluding carboxylic acids is 1. The molecule has 0 radical (unpaired) electrons. The molecule has 2 saturated heterocycles. The van der Waals surface area contributed by atoms with Crippen LogP contribution in [0.15, 0.2) is 29.3 Å². The number of hydrogen-bond donors (Lipinski definition) is 2. The molecule has 2 aliphatic rings. The first-order valence-corrected chi connectivity index (χ1v) is 12.0. The summed E-state index contributed by atoms with van der Waals surface area (Å²) in [5, 5.41) is 6.98. The summed E-state index contributed by atoms with van der Waals surface area (Å²) in [4.78, 5) is 21.2. The molecule has 0 aliphatic carbocycles. The fourth-order valence-electron chi connectivity index (χ4n) is 4.22. The fourth-order valence-corrected chi connectivity index (χ4v) is 4.22. The van der Waals surface area contributed by atoms with Crippen LogP contribution >= 0.6 is 24.0 Å². The van der Waals surface area contributed by atoms with Gasteiger partial charge in [0, 0.05) is 38.8 Å². The summed E-state index contributed by atoms with van der Waals surface area (Å²) in [5.74, 6) is 0.840. The summed E-state index contributed by atoms with van der Waals surface area (Å²) >= 11 is 0. The number of hydrogen-bond acceptors (Lipinski definition) is 5. The Labute approximate surface area is 215 Å². The average molecular weight is 574 g/mol. The van der Waals surface area contributed by atoms with Gasteiger partial charge in [0.2, 0.25) is 0 Å². The second-order valence-electron chi connectivity index (χ2n) is 8.40. The molecular weight excluding hydrogens is 533 g/mol.